The van der Waals surface area contributed by atoms with Crippen LogP contribution in [0.15, 0.2) is 72.8 Å². The quantitative estimate of drug-likeness (QED) is 0.0382. The molecule has 10 rings (SSSR count). The number of nitro benzene ring substituents is 1. The molecular formula is C68H94N2O23Si3. The van der Waals surface area contributed by atoms with E-state index in [9.17, 15) is 25.1 Å². The molecule has 526 valence electrons. The molecule has 0 saturated carbocycles. The number of aliphatic hydroxyl groups is 2. The number of fused-ring (bicyclic) bond motifs is 4. The van der Waals surface area contributed by atoms with Gasteiger partial charge in [0, 0.05) is 31.0 Å². The number of rotatable bonds is 19. The number of nitro groups is 1. The van der Waals surface area contributed by atoms with E-state index in [4.69, 9.17) is 74.9 Å². The molecular weight excluding hydrogens is 1300 g/mol. The van der Waals surface area contributed by atoms with Crippen LogP contribution in [0.25, 0.3) is 0 Å². The van der Waals surface area contributed by atoms with Gasteiger partial charge < -0.3 is 85.1 Å². The molecule has 96 heavy (non-hydrogen) atoms. The second kappa shape index (κ2) is 27.5. The summed E-state index contributed by atoms with van der Waals surface area (Å²) in [6, 6.07) is 19.6. The Balaban J connectivity index is 1.02. The minimum Gasteiger partial charge on any atom is -0.493 e. The van der Waals surface area contributed by atoms with Gasteiger partial charge in [-0.05, 0) is 114 Å². The fourth-order valence-corrected chi connectivity index (χ4v) is 15.9. The van der Waals surface area contributed by atoms with Crippen LogP contribution in [0.2, 0.25) is 54.4 Å². The van der Waals surface area contributed by atoms with Gasteiger partial charge >= 0.3 is 18.0 Å². The number of non-ortho nitro benzene ring substituents is 1. The van der Waals surface area contributed by atoms with Crippen LogP contribution in [0.3, 0.4) is 0 Å². The normalized spacial score (nSPS) is 28.3. The molecule has 0 bridgehead atoms. The fraction of sp³-hybridized carbons (Fsp3) is 0.603. The minimum atomic E-state index is -2.91. The number of aliphatic hydroxyl groups excluding tert-OH is 2. The van der Waals surface area contributed by atoms with Gasteiger partial charge in [0.1, 0.15) is 55.1 Å². The van der Waals surface area contributed by atoms with Gasteiger partial charge in [0.25, 0.3) is 5.69 Å². The lowest BCUT2D eigenvalue weighted by atomic mass is 9.66. The number of cyclic esters (lactones) is 1. The highest BCUT2D eigenvalue weighted by Gasteiger charge is 2.61. The van der Waals surface area contributed by atoms with E-state index in [0.29, 0.717) is 28.2 Å². The first-order valence-corrected chi connectivity index (χ1v) is 41.2. The highest BCUT2D eigenvalue weighted by Crippen LogP contribution is 2.58. The number of amides is 1. The van der Waals surface area contributed by atoms with E-state index in [1.165, 1.54) is 33.4 Å². The number of ether oxygens (including phenoxy) is 13. The number of hydrogen-bond acceptors (Lipinski definition) is 23. The maximum Gasteiger partial charge on any atom is 0.419 e. The van der Waals surface area contributed by atoms with Gasteiger partial charge in [-0.3, -0.25) is 19.8 Å². The maximum absolute atomic E-state index is 15.1. The van der Waals surface area contributed by atoms with Crippen molar-refractivity contribution in [2.75, 3.05) is 46.2 Å². The van der Waals surface area contributed by atoms with Crippen LogP contribution >= 0.6 is 0 Å². The molecule has 9 unspecified atom stereocenters. The van der Waals surface area contributed by atoms with Crippen molar-refractivity contribution in [1.29, 1.82) is 0 Å². The minimum absolute atomic E-state index is 0.0210. The van der Waals surface area contributed by atoms with E-state index in [0.717, 1.165) is 16.5 Å². The third kappa shape index (κ3) is 14.5. The van der Waals surface area contributed by atoms with Crippen molar-refractivity contribution in [3.8, 4) is 34.5 Å². The van der Waals surface area contributed by atoms with E-state index in [1.807, 2.05) is 30.3 Å². The number of methoxy groups -OCH3 is 2. The smallest absolute Gasteiger partial charge is 0.419 e. The number of esters is 2. The van der Waals surface area contributed by atoms with Gasteiger partial charge in [-0.25, -0.2) is 9.59 Å². The predicted octanol–water partition coefficient (Wildman–Crippen LogP) is 11.2. The fourth-order valence-electron chi connectivity index (χ4n) is 12.0. The molecule has 1 aliphatic carbocycles. The van der Waals surface area contributed by atoms with Gasteiger partial charge in [-0.2, -0.15) is 0 Å². The number of hydrogen-bond donors (Lipinski definition) is 2. The van der Waals surface area contributed by atoms with Crippen molar-refractivity contribution in [2.24, 2.45) is 11.8 Å². The summed E-state index contributed by atoms with van der Waals surface area (Å²) < 4.78 is 103. The Bertz CT molecular complexity index is 3490. The molecule has 5 aliphatic heterocycles. The van der Waals surface area contributed by atoms with Crippen LogP contribution in [0.1, 0.15) is 104 Å². The lowest BCUT2D eigenvalue weighted by Gasteiger charge is -2.53. The number of carbonyl (C=O) groups excluding carboxylic acids is 3. The Hall–Kier alpha value is -6.26. The summed E-state index contributed by atoms with van der Waals surface area (Å²) >= 11 is 0. The zero-order chi connectivity index (χ0) is 70.1. The van der Waals surface area contributed by atoms with Crippen molar-refractivity contribution in [3.63, 3.8) is 0 Å². The van der Waals surface area contributed by atoms with Crippen molar-refractivity contribution in [2.45, 2.75) is 210 Å². The molecule has 1 amide bonds. The topological polar surface area (TPSA) is 286 Å². The molecule has 0 aromatic heterocycles. The summed E-state index contributed by atoms with van der Waals surface area (Å²) in [5.74, 6) is -3.40. The summed E-state index contributed by atoms with van der Waals surface area (Å²) in [6.07, 6.45) is -15.1. The van der Waals surface area contributed by atoms with Crippen LogP contribution < -0.4 is 33.3 Å². The lowest BCUT2D eigenvalue weighted by molar-refractivity contribution is -0.384. The molecule has 28 heteroatoms. The first-order chi connectivity index (χ1) is 44.8. The Morgan fingerprint density at radius 2 is 1.28 bits per heavy atom. The van der Waals surface area contributed by atoms with E-state index in [-0.39, 0.29) is 65.4 Å². The summed E-state index contributed by atoms with van der Waals surface area (Å²) in [6.45, 7) is 32.9. The molecule has 4 saturated heterocycles. The Labute approximate surface area is 563 Å². The van der Waals surface area contributed by atoms with Gasteiger partial charge in [0.2, 0.25) is 18.8 Å². The molecule has 5 heterocycles. The molecule has 0 radical (unpaired) electrons. The van der Waals surface area contributed by atoms with Crippen molar-refractivity contribution >= 4 is 54.4 Å². The molecule has 15 atom stereocenters. The average Bonchev–Trinajstić information content (AvgIpc) is 1.35. The predicted molar refractivity (Wildman–Crippen MR) is 356 cm³/mol. The summed E-state index contributed by atoms with van der Waals surface area (Å²) in [4.78, 5) is 57.6. The van der Waals surface area contributed by atoms with Gasteiger partial charge in [-0.15, -0.1) is 0 Å². The van der Waals surface area contributed by atoms with Crippen LogP contribution in [0.5, 0.6) is 34.5 Å². The van der Waals surface area contributed by atoms with Gasteiger partial charge in [-0.1, -0.05) is 92.6 Å². The Morgan fingerprint density at radius 3 is 1.86 bits per heavy atom. The first kappa shape index (κ1) is 72.5. The number of carbonyl (C=O) groups is 3. The first-order valence-electron chi connectivity index (χ1n) is 32.5. The zero-order valence-corrected chi connectivity index (χ0v) is 61.3. The van der Waals surface area contributed by atoms with Crippen molar-refractivity contribution < 1.29 is 104 Å². The Morgan fingerprint density at radius 1 is 0.698 bits per heavy atom. The molecule has 0 spiro atoms. The molecule has 4 fully saturated rings. The zero-order valence-electron chi connectivity index (χ0n) is 58.3. The molecule has 2 N–H and O–H groups in total. The van der Waals surface area contributed by atoms with Crippen LogP contribution in [-0.2, 0) is 62.6 Å². The van der Waals surface area contributed by atoms with Crippen LogP contribution in [-0.4, -0.2) is 167 Å². The van der Waals surface area contributed by atoms with Crippen molar-refractivity contribution in [1.82, 2.24) is 0 Å². The number of anilines is 1. The number of nitrogens with zero attached hydrogens (tertiary/aromatic N) is 2. The number of benzene rings is 4. The largest absolute Gasteiger partial charge is 0.493 e. The third-order valence-corrected chi connectivity index (χ3v) is 34.0. The van der Waals surface area contributed by atoms with Crippen LogP contribution in [0.4, 0.5) is 16.2 Å². The van der Waals surface area contributed by atoms with Crippen molar-refractivity contribution in [3.05, 3.63) is 105 Å². The van der Waals surface area contributed by atoms with E-state index in [1.54, 1.807) is 31.2 Å². The van der Waals surface area contributed by atoms with Gasteiger partial charge in [0.05, 0.1) is 50.1 Å². The third-order valence-electron chi connectivity index (χ3n) is 20.6. The summed E-state index contributed by atoms with van der Waals surface area (Å²) in [5, 5.41) is 34.4. The summed E-state index contributed by atoms with van der Waals surface area (Å²) in [7, 11) is -4.57. The second-order valence-electron chi connectivity index (χ2n) is 30.0. The highest BCUT2D eigenvalue weighted by atomic mass is 28.4. The average molecular weight is 1390 g/mol. The lowest BCUT2D eigenvalue weighted by Crippen LogP contribution is -2.69. The van der Waals surface area contributed by atoms with Crippen LogP contribution in [0, 0.1) is 22.0 Å². The second-order valence-corrected chi connectivity index (χ2v) is 44.2. The maximum atomic E-state index is 15.1. The summed E-state index contributed by atoms with van der Waals surface area (Å²) in [5.41, 5.74) is 1.70. The standard InChI is InChI=1S/C68H94N2O23Si3/c1-36-80-34-49-56(85-36)52(71)53(72)63(87-49)88-54-41-31-46-45(83-35-84-46)30-40(41)50(51-42(54)33-82-61(51)73)38-27-47(78-12)55(48(28-38)79-13)90-65(75)69(11)43-29-39(70(76)77)25-26-44(43)86-64-60(93-96(18,19)68(8,9)10)58(92-95(16,17)67(5,6)7)57(91-94(14,15)66(2,3)4)59(89-64)62(74)81-32-37-23-21-20-22-24-37/h20-31,36,42,49-54,56-60,63-64,71-72H,32-35H2,1-19H3/t36?,42-,49?,50+,51-,52+,53?,54?,56-,57?,58?,59?,60?,63-,64?/m0/s1. The highest BCUT2D eigenvalue weighted by molar-refractivity contribution is 6.75. The van der Waals surface area contributed by atoms with E-state index < -0.39 is 150 Å². The Kier molecular flexibility index (Phi) is 20.7. The monoisotopic (exact) mass is 1390 g/mol. The van der Waals surface area contributed by atoms with Gasteiger partial charge in [0.15, 0.2) is 66.6 Å². The molecule has 25 nitrogen and oxygen atoms in total. The SMILES string of the molecule is COc1cc([C@@H]2c3cc4c(cc3C(O[C@@H]3OC5COC(C)O[C@@H]5[C@H](O)C3O)[C@H]3COC(=O)[C@H]23)OCO4)cc(OC)c1OC(=O)N(C)c1cc([N+](=O)[O-])ccc1OC1OC(C(=O)OCc2ccccc2)C(O[Si](C)(C)C(C)(C)C)C(O[Si](C)(C)C(C)(C)C)C1O[Si](C)(C)C(C)(C)C. The van der Waals surface area contributed by atoms with E-state index >= 15 is 9.59 Å². The molecule has 4 aromatic rings. The molecule has 4 aromatic carbocycles. The van der Waals surface area contributed by atoms with E-state index in [2.05, 4.69) is 102 Å². The molecule has 6 aliphatic rings.